The molecule has 0 saturated carbocycles. The Hall–Kier alpha value is -1.76. The summed E-state index contributed by atoms with van der Waals surface area (Å²) in [4.78, 5) is 1.11. The van der Waals surface area contributed by atoms with E-state index < -0.39 is 7.14 Å². The number of rotatable bonds is 5. The Kier molecular flexibility index (Phi) is 5.05. The molecule has 1 atom stereocenters. The van der Waals surface area contributed by atoms with E-state index in [0.717, 1.165) is 15.5 Å². The van der Waals surface area contributed by atoms with E-state index in [9.17, 15) is 4.57 Å². The highest BCUT2D eigenvalue weighted by molar-refractivity contribution is 8.08. The van der Waals surface area contributed by atoms with Gasteiger partial charge in [0.05, 0.1) is 4.99 Å². The molecular weight excluding hydrogens is 319 g/mol. The van der Waals surface area contributed by atoms with Crippen LogP contribution in [-0.4, -0.2) is 4.99 Å². The molecule has 0 heterocycles. The van der Waals surface area contributed by atoms with E-state index in [1.165, 1.54) is 0 Å². The lowest BCUT2D eigenvalue weighted by Crippen LogP contribution is -2.22. The molecule has 0 amide bonds. The molecule has 0 aromatic heterocycles. The fourth-order valence-corrected chi connectivity index (χ4v) is 7.40. The number of benzene rings is 3. The molecule has 116 valence electrons. The summed E-state index contributed by atoms with van der Waals surface area (Å²) in [7, 11) is -2.72. The van der Waals surface area contributed by atoms with E-state index in [0.29, 0.717) is 0 Å². The van der Waals surface area contributed by atoms with Crippen molar-refractivity contribution in [2.24, 2.45) is 0 Å². The van der Waals surface area contributed by atoms with Gasteiger partial charge in [0.1, 0.15) is 0 Å². The highest BCUT2D eigenvalue weighted by Gasteiger charge is 2.34. The van der Waals surface area contributed by atoms with Gasteiger partial charge < -0.3 is 4.57 Å². The van der Waals surface area contributed by atoms with Crippen molar-refractivity contribution in [1.29, 1.82) is 0 Å². The van der Waals surface area contributed by atoms with Crippen molar-refractivity contribution in [2.75, 3.05) is 0 Å². The molecular formula is C20H19OPS. The molecule has 1 nitrogen and oxygen atoms in total. The summed E-state index contributed by atoms with van der Waals surface area (Å²) in [6.45, 7) is 2.07. The van der Waals surface area contributed by atoms with Gasteiger partial charge in [0.2, 0.25) is 0 Å². The first-order chi connectivity index (χ1) is 11.2. The Balaban J connectivity index is 2.04. The zero-order valence-electron chi connectivity index (χ0n) is 13.0. The van der Waals surface area contributed by atoms with E-state index in [2.05, 4.69) is 19.1 Å². The summed E-state index contributed by atoms with van der Waals surface area (Å²) < 4.78 is 14.1. The first-order valence-corrected chi connectivity index (χ1v) is 10.3. The zero-order valence-corrected chi connectivity index (χ0v) is 14.7. The minimum Gasteiger partial charge on any atom is -0.312 e. The number of thioether (sulfide) groups is 1. The third kappa shape index (κ3) is 3.44. The predicted molar refractivity (Wildman–Crippen MR) is 102 cm³/mol. The van der Waals surface area contributed by atoms with Gasteiger partial charge in [-0.05, 0) is 19.1 Å². The van der Waals surface area contributed by atoms with Crippen LogP contribution in [0.5, 0.6) is 0 Å². The second-order valence-corrected chi connectivity index (χ2v) is 10.2. The monoisotopic (exact) mass is 338 g/mol. The summed E-state index contributed by atoms with van der Waals surface area (Å²) in [6.07, 6.45) is 0. The van der Waals surface area contributed by atoms with Gasteiger partial charge in [-0.15, -0.1) is 11.8 Å². The summed E-state index contributed by atoms with van der Waals surface area (Å²) in [5.74, 6) is 0. The van der Waals surface area contributed by atoms with Crippen LogP contribution in [0.15, 0.2) is 95.9 Å². The molecule has 3 aromatic carbocycles. The molecule has 0 fully saturated rings. The summed E-state index contributed by atoms with van der Waals surface area (Å²) in [6, 6.07) is 29.9. The van der Waals surface area contributed by atoms with Crippen LogP contribution in [0.1, 0.15) is 6.92 Å². The highest BCUT2D eigenvalue weighted by atomic mass is 32.2. The molecule has 23 heavy (non-hydrogen) atoms. The smallest absolute Gasteiger partial charge is 0.155 e. The first kappa shape index (κ1) is 16.1. The SMILES string of the molecule is CC(Sc1ccccc1)P(=O)(c1ccccc1)c1ccccc1. The lowest BCUT2D eigenvalue weighted by Gasteiger charge is -2.25. The molecule has 0 aliphatic heterocycles. The van der Waals surface area contributed by atoms with Crippen molar-refractivity contribution in [3.8, 4) is 0 Å². The Labute approximate surface area is 142 Å². The van der Waals surface area contributed by atoms with E-state index in [-0.39, 0.29) is 4.99 Å². The second kappa shape index (κ2) is 7.21. The molecule has 3 aromatic rings. The summed E-state index contributed by atoms with van der Waals surface area (Å²) in [5.41, 5.74) is 0. The van der Waals surface area contributed by atoms with Crippen LogP contribution in [0.25, 0.3) is 0 Å². The summed E-state index contributed by atoms with van der Waals surface area (Å²) >= 11 is 1.68. The van der Waals surface area contributed by atoms with Gasteiger partial charge >= 0.3 is 0 Å². The minimum atomic E-state index is -2.72. The van der Waals surface area contributed by atoms with Crippen molar-refractivity contribution in [3.05, 3.63) is 91.0 Å². The maximum Gasteiger partial charge on any atom is 0.155 e. The Morgan fingerprint density at radius 1 is 0.696 bits per heavy atom. The van der Waals surface area contributed by atoms with Gasteiger partial charge in [0, 0.05) is 15.5 Å². The lowest BCUT2D eigenvalue weighted by atomic mass is 10.4. The molecule has 0 spiro atoms. The van der Waals surface area contributed by atoms with E-state index in [1.54, 1.807) is 11.8 Å². The molecule has 1 unspecified atom stereocenters. The van der Waals surface area contributed by atoms with Gasteiger partial charge in [0.25, 0.3) is 0 Å². The quantitative estimate of drug-likeness (QED) is 0.473. The normalized spacial score (nSPS) is 12.7. The van der Waals surface area contributed by atoms with Crippen molar-refractivity contribution in [3.63, 3.8) is 0 Å². The fourth-order valence-electron chi connectivity index (χ4n) is 2.64. The topological polar surface area (TPSA) is 17.1 Å². The van der Waals surface area contributed by atoms with E-state index in [4.69, 9.17) is 0 Å². The van der Waals surface area contributed by atoms with Gasteiger partial charge in [-0.25, -0.2) is 0 Å². The molecule has 3 rings (SSSR count). The molecule has 0 aliphatic carbocycles. The minimum absolute atomic E-state index is 0.0327. The average molecular weight is 338 g/mol. The average Bonchev–Trinajstić information content (AvgIpc) is 2.63. The van der Waals surface area contributed by atoms with Crippen molar-refractivity contribution >= 4 is 29.5 Å². The van der Waals surface area contributed by atoms with Gasteiger partial charge in [-0.1, -0.05) is 78.9 Å². The van der Waals surface area contributed by atoms with E-state index in [1.807, 2.05) is 78.9 Å². The van der Waals surface area contributed by atoms with Crippen LogP contribution in [0.2, 0.25) is 0 Å². The van der Waals surface area contributed by atoms with Crippen molar-refractivity contribution in [1.82, 2.24) is 0 Å². The van der Waals surface area contributed by atoms with Gasteiger partial charge in [-0.3, -0.25) is 0 Å². The largest absolute Gasteiger partial charge is 0.312 e. The van der Waals surface area contributed by atoms with Crippen LogP contribution < -0.4 is 10.6 Å². The molecule has 0 radical (unpaired) electrons. The maximum atomic E-state index is 14.1. The van der Waals surface area contributed by atoms with E-state index >= 15 is 0 Å². The molecule has 0 N–H and O–H groups in total. The molecule has 0 bridgehead atoms. The molecule has 3 heteroatoms. The first-order valence-electron chi connectivity index (χ1n) is 7.64. The Bertz CT molecular complexity index is 744. The fraction of sp³-hybridized carbons (Fsp3) is 0.100. The number of hydrogen-bond donors (Lipinski definition) is 0. The van der Waals surface area contributed by atoms with Crippen molar-refractivity contribution in [2.45, 2.75) is 16.8 Å². The van der Waals surface area contributed by atoms with Crippen LogP contribution in [0.3, 0.4) is 0 Å². The molecule has 0 saturated heterocycles. The Morgan fingerprint density at radius 2 is 1.09 bits per heavy atom. The third-order valence-electron chi connectivity index (χ3n) is 3.84. The third-order valence-corrected chi connectivity index (χ3v) is 9.09. The molecule has 0 aliphatic rings. The van der Waals surface area contributed by atoms with Crippen LogP contribution in [0.4, 0.5) is 0 Å². The lowest BCUT2D eigenvalue weighted by molar-refractivity contribution is 0.586. The Morgan fingerprint density at radius 3 is 1.52 bits per heavy atom. The summed E-state index contributed by atoms with van der Waals surface area (Å²) in [5, 5.41) is 1.84. The van der Waals surface area contributed by atoms with Crippen LogP contribution in [0, 0.1) is 0 Å². The van der Waals surface area contributed by atoms with Crippen molar-refractivity contribution < 1.29 is 4.57 Å². The second-order valence-electron chi connectivity index (χ2n) is 5.36. The zero-order chi connectivity index (χ0) is 16.1. The van der Waals surface area contributed by atoms with Crippen LogP contribution in [-0.2, 0) is 4.57 Å². The maximum absolute atomic E-state index is 14.1. The van der Waals surface area contributed by atoms with Gasteiger partial charge in [0.15, 0.2) is 7.14 Å². The number of hydrogen-bond acceptors (Lipinski definition) is 2. The standard InChI is InChI=1S/C20H19OPS/c1-17(23-20-15-9-4-10-16-20)22(21,18-11-5-2-6-12-18)19-13-7-3-8-14-19/h2-17H,1H3. The predicted octanol–water partition coefficient (Wildman–Crippen LogP) is 5.14. The van der Waals surface area contributed by atoms with Gasteiger partial charge in [-0.2, -0.15) is 0 Å². The highest BCUT2D eigenvalue weighted by Crippen LogP contribution is 2.54. The van der Waals surface area contributed by atoms with Crippen LogP contribution >= 0.6 is 18.9 Å².